The molecule has 0 spiro atoms. The summed E-state index contributed by atoms with van der Waals surface area (Å²) in [6.07, 6.45) is 0. The molecule has 2 rings (SSSR count). The molecule has 0 N–H and O–H groups in total. The Hall–Kier alpha value is -0.170. The lowest BCUT2D eigenvalue weighted by Gasteiger charge is -2.10. The summed E-state index contributed by atoms with van der Waals surface area (Å²) in [6, 6.07) is 5.46. The predicted octanol–water partition coefficient (Wildman–Crippen LogP) is 5.58. The highest BCUT2D eigenvalue weighted by Gasteiger charge is 2.20. The number of benzene rings is 1. The first-order valence-electron chi connectivity index (χ1n) is 5.27. The number of ketones is 1. The van der Waals surface area contributed by atoms with Crippen LogP contribution in [0.25, 0.3) is 0 Å². The molecule has 0 amide bonds. The van der Waals surface area contributed by atoms with E-state index in [0.717, 1.165) is 17.6 Å². The van der Waals surface area contributed by atoms with Gasteiger partial charge in [0.1, 0.15) is 5.75 Å². The van der Waals surface area contributed by atoms with Gasteiger partial charge in [-0.05, 0) is 62.5 Å². The Morgan fingerprint density at radius 2 is 1.84 bits per heavy atom. The molecule has 0 saturated carbocycles. The average Bonchev–Trinajstić information content (AvgIpc) is 2.70. The van der Waals surface area contributed by atoms with Crippen LogP contribution in [0.5, 0.6) is 5.75 Å². The van der Waals surface area contributed by atoms with E-state index in [1.165, 1.54) is 11.3 Å². The minimum Gasteiger partial charge on any atom is -0.496 e. The van der Waals surface area contributed by atoms with Gasteiger partial charge in [-0.15, -0.1) is 11.3 Å². The van der Waals surface area contributed by atoms with Gasteiger partial charge in [-0.25, -0.2) is 0 Å². The number of hydrogen-bond acceptors (Lipinski definition) is 3. The van der Waals surface area contributed by atoms with E-state index in [1.54, 1.807) is 13.2 Å². The molecule has 0 atom stereocenters. The average molecular weight is 469 g/mol. The zero-order valence-electron chi connectivity index (χ0n) is 10.1. The first-order chi connectivity index (χ1) is 8.93. The maximum absolute atomic E-state index is 12.6. The molecule has 0 bridgehead atoms. The normalized spacial score (nSPS) is 10.6. The van der Waals surface area contributed by atoms with Crippen molar-refractivity contribution in [1.29, 1.82) is 0 Å². The molecule has 2 nitrogen and oxygen atoms in total. The van der Waals surface area contributed by atoms with E-state index >= 15 is 0 Å². The summed E-state index contributed by atoms with van der Waals surface area (Å²) in [4.78, 5) is 12.6. The Bertz CT molecular complexity index is 650. The summed E-state index contributed by atoms with van der Waals surface area (Å²) >= 11 is 11.7. The second kappa shape index (κ2) is 6.08. The minimum atomic E-state index is -0.0635. The summed E-state index contributed by atoms with van der Waals surface area (Å²) < 4.78 is 7.91. The molecule has 0 aliphatic heterocycles. The number of ether oxygens (including phenoxy) is 1. The summed E-state index contributed by atoms with van der Waals surface area (Å²) in [7, 11) is 1.57. The van der Waals surface area contributed by atoms with Gasteiger partial charge in [0, 0.05) is 10.0 Å². The third-order valence-corrected chi connectivity index (χ3v) is 5.82. The second-order valence-electron chi connectivity index (χ2n) is 3.87. The monoisotopic (exact) mass is 466 g/mol. The van der Waals surface area contributed by atoms with Crippen LogP contribution in [0.4, 0.5) is 0 Å². The molecule has 0 radical (unpaired) electrons. The van der Waals surface area contributed by atoms with Gasteiger partial charge >= 0.3 is 0 Å². The quantitative estimate of drug-likeness (QED) is 0.549. The summed E-state index contributed by atoms with van der Waals surface area (Å²) in [5.74, 6) is 0.520. The molecule has 1 heterocycles. The fourth-order valence-corrected chi connectivity index (χ4v) is 4.78. The number of rotatable bonds is 3. The van der Waals surface area contributed by atoms with Crippen molar-refractivity contribution in [2.24, 2.45) is 0 Å². The highest BCUT2D eigenvalue weighted by atomic mass is 79.9. The van der Waals surface area contributed by atoms with Gasteiger partial charge in [-0.3, -0.25) is 4.79 Å². The van der Waals surface area contributed by atoms with Crippen LogP contribution in [0, 0.1) is 6.92 Å². The van der Waals surface area contributed by atoms with Crippen molar-refractivity contribution in [2.75, 3.05) is 7.11 Å². The van der Waals surface area contributed by atoms with Gasteiger partial charge in [0.25, 0.3) is 0 Å². The van der Waals surface area contributed by atoms with E-state index in [0.29, 0.717) is 16.9 Å². The minimum absolute atomic E-state index is 0.0635. The van der Waals surface area contributed by atoms with Crippen molar-refractivity contribution in [3.8, 4) is 5.75 Å². The third-order valence-electron chi connectivity index (χ3n) is 2.63. The van der Waals surface area contributed by atoms with Crippen LogP contribution in [0.3, 0.4) is 0 Å². The lowest BCUT2D eigenvalue weighted by molar-refractivity contribution is 0.103. The molecule has 0 fully saturated rings. The van der Waals surface area contributed by atoms with Crippen molar-refractivity contribution in [3.05, 3.63) is 46.9 Å². The summed E-state index contributed by atoms with van der Waals surface area (Å²) in [5, 5.41) is 0. The van der Waals surface area contributed by atoms with E-state index in [1.807, 2.05) is 19.1 Å². The smallest absolute Gasteiger partial charge is 0.198 e. The number of carbonyl (C=O) groups excluding carboxylic acids is 1. The lowest BCUT2D eigenvalue weighted by Crippen LogP contribution is -2.04. The standard InChI is InChI=1S/C13H9Br3O2S/c1-6-3-10(18-2)7(4-9(6)14)12(17)8-5-11(15)19-13(8)16/h3-5H,1-2H3. The lowest BCUT2D eigenvalue weighted by atomic mass is 10.0. The highest BCUT2D eigenvalue weighted by molar-refractivity contribution is 9.12. The molecule has 100 valence electrons. The van der Waals surface area contributed by atoms with Gasteiger partial charge < -0.3 is 4.74 Å². The summed E-state index contributed by atoms with van der Waals surface area (Å²) in [6.45, 7) is 1.96. The van der Waals surface area contributed by atoms with Crippen LogP contribution < -0.4 is 4.74 Å². The Morgan fingerprint density at radius 1 is 1.16 bits per heavy atom. The molecule has 0 saturated heterocycles. The van der Waals surface area contributed by atoms with Gasteiger partial charge in [-0.2, -0.15) is 0 Å². The summed E-state index contributed by atoms with van der Waals surface area (Å²) in [5.41, 5.74) is 2.20. The molecular weight excluding hydrogens is 460 g/mol. The predicted molar refractivity (Wildman–Crippen MR) is 88.6 cm³/mol. The molecule has 2 aromatic rings. The molecule has 0 unspecified atom stereocenters. The van der Waals surface area contributed by atoms with Gasteiger partial charge in [0.15, 0.2) is 5.78 Å². The zero-order chi connectivity index (χ0) is 14.2. The van der Waals surface area contributed by atoms with E-state index < -0.39 is 0 Å². The Kier molecular flexibility index (Phi) is 4.87. The van der Waals surface area contributed by atoms with Crippen molar-refractivity contribution < 1.29 is 9.53 Å². The number of carbonyl (C=O) groups is 1. The van der Waals surface area contributed by atoms with E-state index in [2.05, 4.69) is 47.8 Å². The van der Waals surface area contributed by atoms with Crippen molar-refractivity contribution in [1.82, 2.24) is 0 Å². The molecule has 19 heavy (non-hydrogen) atoms. The number of thiophene rings is 1. The van der Waals surface area contributed by atoms with Crippen LogP contribution in [0.2, 0.25) is 0 Å². The molecular formula is C13H9Br3O2S. The Morgan fingerprint density at radius 3 is 2.37 bits per heavy atom. The molecule has 0 aliphatic rings. The number of methoxy groups -OCH3 is 1. The molecule has 6 heteroatoms. The Balaban J connectivity index is 2.55. The van der Waals surface area contributed by atoms with Crippen molar-refractivity contribution in [3.63, 3.8) is 0 Å². The Labute approximate surface area is 140 Å². The molecule has 1 aromatic carbocycles. The maximum atomic E-state index is 12.6. The van der Waals surface area contributed by atoms with Crippen molar-refractivity contribution >= 4 is 64.9 Å². The van der Waals surface area contributed by atoms with Gasteiger partial charge in [0.2, 0.25) is 0 Å². The first-order valence-corrected chi connectivity index (χ1v) is 8.47. The largest absolute Gasteiger partial charge is 0.496 e. The number of hydrogen-bond donors (Lipinski definition) is 0. The SMILES string of the molecule is COc1cc(C)c(Br)cc1C(=O)c1cc(Br)sc1Br. The van der Waals surface area contributed by atoms with Gasteiger partial charge in [0.05, 0.1) is 20.2 Å². The zero-order valence-corrected chi connectivity index (χ0v) is 15.7. The highest BCUT2D eigenvalue weighted by Crippen LogP contribution is 2.36. The van der Waals surface area contributed by atoms with E-state index in [4.69, 9.17) is 4.74 Å². The van der Waals surface area contributed by atoms with Crippen LogP contribution in [-0.4, -0.2) is 12.9 Å². The van der Waals surface area contributed by atoms with E-state index in [9.17, 15) is 4.79 Å². The molecule has 0 aliphatic carbocycles. The number of aryl methyl sites for hydroxylation is 1. The topological polar surface area (TPSA) is 26.3 Å². The second-order valence-corrected chi connectivity index (χ2v) is 8.47. The van der Waals surface area contributed by atoms with Crippen LogP contribution >= 0.6 is 59.1 Å². The van der Waals surface area contributed by atoms with Crippen LogP contribution in [0.15, 0.2) is 30.2 Å². The fraction of sp³-hybridized carbons (Fsp3) is 0.154. The fourth-order valence-electron chi connectivity index (χ4n) is 1.64. The van der Waals surface area contributed by atoms with Crippen LogP contribution in [-0.2, 0) is 0 Å². The van der Waals surface area contributed by atoms with E-state index in [-0.39, 0.29) is 5.78 Å². The third kappa shape index (κ3) is 3.12. The first kappa shape index (κ1) is 15.2. The van der Waals surface area contributed by atoms with Crippen LogP contribution in [0.1, 0.15) is 21.5 Å². The van der Waals surface area contributed by atoms with Crippen molar-refractivity contribution in [2.45, 2.75) is 6.92 Å². The van der Waals surface area contributed by atoms with Gasteiger partial charge in [-0.1, -0.05) is 15.9 Å². The number of halogens is 3. The maximum Gasteiger partial charge on any atom is 0.198 e. The molecule has 1 aromatic heterocycles.